The molecule has 1 aliphatic rings. The van der Waals surface area contributed by atoms with E-state index in [0.29, 0.717) is 5.56 Å². The number of fused-ring (bicyclic) bond motifs is 1. The fourth-order valence-corrected chi connectivity index (χ4v) is 3.39. The first kappa shape index (κ1) is 21.0. The minimum atomic E-state index is -1.16. The lowest BCUT2D eigenvalue weighted by molar-refractivity contribution is -0.385. The maximum absolute atomic E-state index is 12.8. The zero-order valence-corrected chi connectivity index (χ0v) is 16.5. The smallest absolute Gasteiger partial charge is 0.275 e. The molecule has 1 unspecified atom stereocenters. The first-order valence-electron chi connectivity index (χ1n) is 9.33. The number of hydrogen-bond donors (Lipinski definition) is 1. The van der Waals surface area contributed by atoms with E-state index in [9.17, 15) is 19.7 Å². The van der Waals surface area contributed by atoms with Crippen LogP contribution in [-0.2, 0) is 22.6 Å². The molecular weight excluding hydrogens is 388 g/mol. The van der Waals surface area contributed by atoms with Crippen molar-refractivity contribution in [2.75, 3.05) is 6.61 Å². The van der Waals surface area contributed by atoms with Crippen LogP contribution in [0.4, 0.5) is 5.69 Å². The lowest BCUT2D eigenvalue weighted by Gasteiger charge is -2.26. The van der Waals surface area contributed by atoms with Crippen LogP contribution in [0.3, 0.4) is 0 Å². The first-order chi connectivity index (χ1) is 14.4. The average molecular weight is 408 g/mol. The van der Waals surface area contributed by atoms with E-state index in [1.54, 1.807) is 19.1 Å². The largest absolute Gasteiger partial charge is 0.350 e. The molecule has 1 atom stereocenters. The molecule has 1 N–H and O–H groups in total. The molecule has 30 heavy (non-hydrogen) atoms. The molecule has 2 aromatic rings. The van der Waals surface area contributed by atoms with Crippen LogP contribution >= 0.6 is 0 Å². The summed E-state index contributed by atoms with van der Waals surface area (Å²) >= 11 is 0. The molecule has 0 fully saturated rings. The lowest BCUT2D eigenvalue weighted by Crippen LogP contribution is -2.48. The molecule has 0 radical (unpaired) electrons. The van der Waals surface area contributed by atoms with Crippen LogP contribution in [0.15, 0.2) is 36.4 Å². The summed E-state index contributed by atoms with van der Waals surface area (Å²) in [6.07, 6.45) is -1.16. The van der Waals surface area contributed by atoms with Crippen molar-refractivity contribution < 1.29 is 19.2 Å². The molecule has 3 rings (SSSR count). The van der Waals surface area contributed by atoms with Crippen molar-refractivity contribution >= 4 is 17.5 Å². The van der Waals surface area contributed by atoms with Crippen LogP contribution in [-0.4, -0.2) is 34.5 Å². The second kappa shape index (κ2) is 8.71. The molecule has 2 aromatic carbocycles. The average Bonchev–Trinajstić information content (AvgIpc) is 3.07. The van der Waals surface area contributed by atoms with Gasteiger partial charge in [-0.3, -0.25) is 19.7 Å². The number of nitrogens with zero attached hydrogens (tertiary/aromatic N) is 3. The molecule has 0 spiro atoms. The zero-order valence-electron chi connectivity index (χ0n) is 16.5. The highest BCUT2D eigenvalue weighted by molar-refractivity contribution is 6.01. The van der Waals surface area contributed by atoms with E-state index in [0.717, 1.165) is 17.2 Å². The Kier molecular flexibility index (Phi) is 6.09. The van der Waals surface area contributed by atoms with Crippen molar-refractivity contribution in [2.24, 2.45) is 0 Å². The number of amides is 2. The Balaban J connectivity index is 1.78. The third-order valence-corrected chi connectivity index (χ3v) is 4.93. The number of rotatable bonds is 7. The SMILES string of the molecule is CCOC(C(=O)NCc1ccc(C#N)cc1[N+](=O)[O-])N1Cc2c(C)cccc2C1=O. The van der Waals surface area contributed by atoms with Gasteiger partial charge < -0.3 is 15.0 Å². The topological polar surface area (TPSA) is 126 Å². The van der Waals surface area contributed by atoms with Gasteiger partial charge in [-0.05, 0) is 43.2 Å². The van der Waals surface area contributed by atoms with Crippen molar-refractivity contribution in [1.82, 2.24) is 10.2 Å². The van der Waals surface area contributed by atoms with Gasteiger partial charge in [0, 0.05) is 30.3 Å². The zero-order chi connectivity index (χ0) is 21.8. The molecule has 9 heteroatoms. The van der Waals surface area contributed by atoms with Crippen LogP contribution < -0.4 is 5.32 Å². The van der Waals surface area contributed by atoms with Crippen molar-refractivity contribution in [3.8, 4) is 6.07 Å². The lowest BCUT2D eigenvalue weighted by atomic mass is 10.1. The van der Waals surface area contributed by atoms with Gasteiger partial charge in [-0.25, -0.2) is 0 Å². The van der Waals surface area contributed by atoms with Gasteiger partial charge in [-0.15, -0.1) is 0 Å². The van der Waals surface area contributed by atoms with Gasteiger partial charge in [-0.1, -0.05) is 12.1 Å². The number of carbonyl (C=O) groups excluding carboxylic acids is 2. The Bertz CT molecular complexity index is 1060. The molecule has 0 saturated heterocycles. The molecule has 154 valence electrons. The van der Waals surface area contributed by atoms with Gasteiger partial charge in [0.1, 0.15) is 0 Å². The molecule has 9 nitrogen and oxygen atoms in total. The van der Waals surface area contributed by atoms with Crippen molar-refractivity contribution in [3.05, 3.63) is 74.3 Å². The standard InChI is InChI=1S/C21H20N4O5/c1-3-30-21(24-12-17-13(2)5-4-6-16(17)20(24)27)19(26)23-11-15-8-7-14(10-22)9-18(15)25(28)29/h4-9,21H,3,11-12H2,1-2H3,(H,23,26). The van der Waals surface area contributed by atoms with Crippen molar-refractivity contribution in [3.63, 3.8) is 0 Å². The van der Waals surface area contributed by atoms with E-state index in [1.165, 1.54) is 17.0 Å². The van der Waals surface area contributed by atoms with Crippen molar-refractivity contribution in [1.29, 1.82) is 5.26 Å². The number of nitro groups is 1. The summed E-state index contributed by atoms with van der Waals surface area (Å²) in [4.78, 5) is 37.7. The van der Waals surface area contributed by atoms with Gasteiger partial charge in [0.05, 0.1) is 23.1 Å². The van der Waals surface area contributed by atoms with E-state index < -0.39 is 17.1 Å². The summed E-state index contributed by atoms with van der Waals surface area (Å²) in [7, 11) is 0. The summed E-state index contributed by atoms with van der Waals surface area (Å²) in [6, 6.07) is 11.3. The predicted octanol–water partition coefficient (Wildman–Crippen LogP) is 2.41. The number of aryl methyl sites for hydroxylation is 1. The number of nitriles is 1. The Morgan fingerprint density at radius 1 is 1.40 bits per heavy atom. The van der Waals surface area contributed by atoms with Gasteiger partial charge in [0.15, 0.2) is 0 Å². The van der Waals surface area contributed by atoms with E-state index in [2.05, 4.69) is 5.32 Å². The second-order valence-corrected chi connectivity index (χ2v) is 6.77. The van der Waals surface area contributed by atoms with Gasteiger partial charge in [0.25, 0.3) is 17.5 Å². The van der Waals surface area contributed by atoms with E-state index in [1.807, 2.05) is 19.1 Å². The van der Waals surface area contributed by atoms with Crippen LogP contribution in [0.25, 0.3) is 0 Å². The fourth-order valence-electron chi connectivity index (χ4n) is 3.39. The Labute approximate surface area is 173 Å². The molecule has 1 heterocycles. The number of hydrogen-bond acceptors (Lipinski definition) is 6. The molecule has 1 aliphatic heterocycles. The minimum Gasteiger partial charge on any atom is -0.350 e. The highest BCUT2D eigenvalue weighted by Crippen LogP contribution is 2.28. The number of benzene rings is 2. The number of carbonyl (C=O) groups is 2. The Morgan fingerprint density at radius 2 is 2.17 bits per heavy atom. The fraction of sp³-hybridized carbons (Fsp3) is 0.286. The number of nitrogens with one attached hydrogen (secondary N) is 1. The summed E-state index contributed by atoms with van der Waals surface area (Å²) in [5.41, 5.74) is 2.47. The van der Waals surface area contributed by atoms with Crippen LogP contribution in [0, 0.1) is 28.4 Å². The van der Waals surface area contributed by atoms with Gasteiger partial charge >= 0.3 is 0 Å². The highest BCUT2D eigenvalue weighted by Gasteiger charge is 2.37. The normalized spacial score (nSPS) is 13.5. The third kappa shape index (κ3) is 3.99. The molecular formula is C21H20N4O5. The number of nitro benzene ring substituents is 1. The summed E-state index contributed by atoms with van der Waals surface area (Å²) in [6.45, 7) is 3.92. The van der Waals surface area contributed by atoms with E-state index in [-0.39, 0.29) is 42.4 Å². The first-order valence-corrected chi connectivity index (χ1v) is 9.33. The van der Waals surface area contributed by atoms with Crippen molar-refractivity contribution in [2.45, 2.75) is 33.2 Å². The monoisotopic (exact) mass is 408 g/mol. The van der Waals surface area contributed by atoms with E-state index >= 15 is 0 Å². The molecule has 0 saturated carbocycles. The van der Waals surface area contributed by atoms with Gasteiger partial charge in [-0.2, -0.15) is 5.26 Å². The molecule has 0 aromatic heterocycles. The Morgan fingerprint density at radius 3 is 2.80 bits per heavy atom. The van der Waals surface area contributed by atoms with Crippen LogP contribution in [0.1, 0.15) is 39.5 Å². The minimum absolute atomic E-state index is 0.140. The van der Waals surface area contributed by atoms with E-state index in [4.69, 9.17) is 10.00 Å². The summed E-state index contributed by atoms with van der Waals surface area (Å²) in [5.74, 6) is -0.874. The maximum atomic E-state index is 12.8. The molecule has 0 bridgehead atoms. The molecule has 0 aliphatic carbocycles. The third-order valence-electron chi connectivity index (χ3n) is 4.93. The van der Waals surface area contributed by atoms with Crippen LogP contribution in [0.5, 0.6) is 0 Å². The highest BCUT2D eigenvalue weighted by atomic mass is 16.6. The second-order valence-electron chi connectivity index (χ2n) is 6.77. The maximum Gasteiger partial charge on any atom is 0.275 e. The summed E-state index contributed by atoms with van der Waals surface area (Å²) < 4.78 is 5.55. The quantitative estimate of drug-likeness (QED) is 0.554. The predicted molar refractivity (Wildman–Crippen MR) is 106 cm³/mol. The van der Waals surface area contributed by atoms with Gasteiger partial charge in [0.2, 0.25) is 6.23 Å². The van der Waals surface area contributed by atoms with Crippen LogP contribution in [0.2, 0.25) is 0 Å². The Hall–Kier alpha value is -3.77. The number of ether oxygens (including phenoxy) is 1. The molecule has 2 amide bonds. The summed E-state index contributed by atoms with van der Waals surface area (Å²) in [5, 5.41) is 22.8.